The lowest BCUT2D eigenvalue weighted by atomic mass is 9.74. The Morgan fingerprint density at radius 1 is 0.938 bits per heavy atom. The summed E-state index contributed by atoms with van der Waals surface area (Å²) in [5.41, 5.74) is 5.78. The number of benzene rings is 1. The van der Waals surface area contributed by atoms with Gasteiger partial charge in [0.15, 0.2) is 0 Å². The lowest BCUT2D eigenvalue weighted by Crippen LogP contribution is -2.16. The smallest absolute Gasteiger partial charge is 0.133 e. The van der Waals surface area contributed by atoms with E-state index < -0.39 is 0 Å². The number of hydrogen-bond donors (Lipinski definition) is 0. The number of Topliss-reactive ketones (excluding diaryl/α,β-unsaturated/α-hetero) is 1. The van der Waals surface area contributed by atoms with E-state index in [2.05, 4.69) is 45.5 Å². The van der Waals surface area contributed by atoms with Crippen LogP contribution in [0.25, 0.3) is 0 Å². The predicted molar refractivity (Wildman–Crippen MR) is 138 cm³/mol. The normalized spacial score (nSPS) is 23.1. The second-order valence-electron chi connectivity index (χ2n) is 11.5. The van der Waals surface area contributed by atoms with Gasteiger partial charge >= 0.3 is 0 Å². The Balaban J connectivity index is 1.29. The van der Waals surface area contributed by atoms with Gasteiger partial charge in [-0.15, -0.1) is 0 Å². The average molecular weight is 437 g/mol. The van der Waals surface area contributed by atoms with Gasteiger partial charge in [-0.25, -0.2) is 0 Å². The Morgan fingerprint density at radius 2 is 1.66 bits per heavy atom. The second kappa shape index (κ2) is 12.8. The van der Waals surface area contributed by atoms with E-state index in [1.165, 1.54) is 87.3 Å². The zero-order chi connectivity index (χ0) is 22.9. The molecule has 0 radical (unpaired) electrons. The number of hydrogen-bond acceptors (Lipinski definition) is 1. The molecule has 1 nitrogen and oxygen atoms in total. The van der Waals surface area contributed by atoms with E-state index in [1.807, 2.05) is 0 Å². The molecule has 0 spiro atoms. The van der Waals surface area contributed by atoms with Gasteiger partial charge in [-0.3, -0.25) is 4.79 Å². The first-order valence-electron chi connectivity index (χ1n) is 13.7. The zero-order valence-corrected chi connectivity index (χ0v) is 21.3. The minimum Gasteiger partial charge on any atom is -0.300 e. The molecule has 1 heteroatoms. The standard InChI is InChI=1S/C31H48O/c1-23(13-19-30(32)22-27-8-6-5-7-9-27)10-11-24(2)20-28-15-17-29(18-16-28)31-21-25(3)12-14-26(31)4/h12,14,21,24,27-29H,1,5-11,13,15-20,22H2,2-4H3/t24-,28?,29?/m0/s1. The molecule has 1 aromatic carbocycles. The Hall–Kier alpha value is -1.37. The molecule has 0 aliphatic heterocycles. The Labute approximate surface area is 198 Å². The maximum atomic E-state index is 12.3. The van der Waals surface area contributed by atoms with Crippen LogP contribution in [0.1, 0.15) is 126 Å². The topological polar surface area (TPSA) is 17.1 Å². The highest BCUT2D eigenvalue weighted by Gasteiger charge is 2.24. The van der Waals surface area contributed by atoms with E-state index in [0.29, 0.717) is 11.7 Å². The second-order valence-corrected chi connectivity index (χ2v) is 11.5. The molecule has 0 N–H and O–H groups in total. The van der Waals surface area contributed by atoms with E-state index in [0.717, 1.165) is 43.4 Å². The lowest BCUT2D eigenvalue weighted by molar-refractivity contribution is -0.120. The number of allylic oxidation sites excluding steroid dienone is 1. The molecule has 0 unspecified atom stereocenters. The van der Waals surface area contributed by atoms with E-state index in [1.54, 1.807) is 5.56 Å². The molecule has 2 saturated carbocycles. The van der Waals surface area contributed by atoms with Gasteiger partial charge in [-0.2, -0.15) is 0 Å². The molecule has 1 atom stereocenters. The van der Waals surface area contributed by atoms with Crippen LogP contribution < -0.4 is 0 Å². The summed E-state index contributed by atoms with van der Waals surface area (Å²) in [5, 5.41) is 0. The van der Waals surface area contributed by atoms with Crippen LogP contribution in [0.4, 0.5) is 0 Å². The molecule has 178 valence electrons. The summed E-state index contributed by atoms with van der Waals surface area (Å²) in [6.45, 7) is 11.2. The number of ketones is 1. The molecule has 2 fully saturated rings. The van der Waals surface area contributed by atoms with Gasteiger partial charge in [0.1, 0.15) is 5.78 Å². The van der Waals surface area contributed by atoms with Crippen LogP contribution in [0.15, 0.2) is 30.4 Å². The van der Waals surface area contributed by atoms with Crippen LogP contribution >= 0.6 is 0 Å². The summed E-state index contributed by atoms with van der Waals surface area (Å²) < 4.78 is 0. The van der Waals surface area contributed by atoms with Crippen LogP contribution in [-0.4, -0.2) is 5.78 Å². The highest BCUT2D eigenvalue weighted by molar-refractivity contribution is 5.78. The number of carbonyl (C=O) groups excluding carboxylic acids is 1. The summed E-state index contributed by atoms with van der Waals surface area (Å²) in [6.07, 6.45) is 18.3. The van der Waals surface area contributed by atoms with Crippen LogP contribution in [-0.2, 0) is 4.79 Å². The Bertz CT molecular complexity index is 731. The molecule has 0 saturated heterocycles. The van der Waals surface area contributed by atoms with Crippen LogP contribution in [0.3, 0.4) is 0 Å². The number of aryl methyl sites for hydroxylation is 2. The highest BCUT2D eigenvalue weighted by Crippen LogP contribution is 2.40. The third kappa shape index (κ3) is 8.20. The monoisotopic (exact) mass is 436 g/mol. The highest BCUT2D eigenvalue weighted by atomic mass is 16.1. The van der Waals surface area contributed by atoms with Crippen molar-refractivity contribution in [2.24, 2.45) is 17.8 Å². The van der Waals surface area contributed by atoms with Crippen molar-refractivity contribution in [2.45, 2.75) is 123 Å². The quantitative estimate of drug-likeness (QED) is 0.316. The van der Waals surface area contributed by atoms with Gasteiger partial charge in [0.05, 0.1) is 0 Å². The van der Waals surface area contributed by atoms with Crippen LogP contribution in [0.5, 0.6) is 0 Å². The molecular weight excluding hydrogens is 388 g/mol. The molecule has 32 heavy (non-hydrogen) atoms. The molecule has 3 rings (SSSR count). The maximum Gasteiger partial charge on any atom is 0.133 e. The Kier molecular flexibility index (Phi) is 10.1. The fraction of sp³-hybridized carbons (Fsp3) is 0.710. The first-order valence-corrected chi connectivity index (χ1v) is 13.7. The van der Waals surface area contributed by atoms with Crippen molar-refractivity contribution in [3.05, 3.63) is 47.0 Å². The third-order valence-corrected chi connectivity index (χ3v) is 8.45. The van der Waals surface area contributed by atoms with E-state index in [9.17, 15) is 4.79 Å². The molecule has 0 aromatic heterocycles. The molecule has 1 aromatic rings. The van der Waals surface area contributed by atoms with Crippen molar-refractivity contribution >= 4 is 5.78 Å². The summed E-state index contributed by atoms with van der Waals surface area (Å²) >= 11 is 0. The summed E-state index contributed by atoms with van der Waals surface area (Å²) in [7, 11) is 0. The maximum absolute atomic E-state index is 12.3. The summed E-state index contributed by atoms with van der Waals surface area (Å²) in [6, 6.07) is 6.97. The molecule has 0 amide bonds. The van der Waals surface area contributed by atoms with Gasteiger partial charge in [-0.1, -0.05) is 74.9 Å². The number of rotatable bonds is 11. The molecule has 2 aliphatic carbocycles. The van der Waals surface area contributed by atoms with Crippen LogP contribution in [0.2, 0.25) is 0 Å². The van der Waals surface area contributed by atoms with Gasteiger partial charge in [0.25, 0.3) is 0 Å². The van der Waals surface area contributed by atoms with E-state index in [-0.39, 0.29) is 0 Å². The van der Waals surface area contributed by atoms with Gasteiger partial charge in [-0.05, 0) is 100 Å². The van der Waals surface area contributed by atoms with Crippen molar-refractivity contribution < 1.29 is 4.79 Å². The SMILES string of the molecule is C=C(CCC(=O)CC1CCCCC1)CC[C@H](C)CC1CCC(c2cc(C)ccc2C)CC1. The van der Waals surface area contributed by atoms with Crippen molar-refractivity contribution in [3.63, 3.8) is 0 Å². The molecule has 0 heterocycles. The van der Waals surface area contributed by atoms with Crippen molar-refractivity contribution in [1.29, 1.82) is 0 Å². The van der Waals surface area contributed by atoms with E-state index >= 15 is 0 Å². The minimum atomic E-state index is 0.478. The number of carbonyl (C=O) groups is 1. The van der Waals surface area contributed by atoms with Crippen molar-refractivity contribution in [3.8, 4) is 0 Å². The molecular formula is C31H48O. The molecule has 2 aliphatic rings. The summed E-state index contributed by atoms with van der Waals surface area (Å²) in [5.74, 6) is 3.59. The summed E-state index contributed by atoms with van der Waals surface area (Å²) in [4.78, 5) is 12.3. The fourth-order valence-electron chi connectivity index (χ4n) is 6.30. The fourth-order valence-corrected chi connectivity index (χ4v) is 6.30. The van der Waals surface area contributed by atoms with E-state index in [4.69, 9.17) is 0 Å². The average Bonchev–Trinajstić information content (AvgIpc) is 2.79. The first-order chi connectivity index (χ1) is 15.4. The lowest BCUT2D eigenvalue weighted by Gasteiger charge is -2.31. The van der Waals surface area contributed by atoms with Crippen molar-refractivity contribution in [1.82, 2.24) is 0 Å². The third-order valence-electron chi connectivity index (χ3n) is 8.45. The minimum absolute atomic E-state index is 0.478. The molecule has 0 bridgehead atoms. The largest absolute Gasteiger partial charge is 0.300 e. The zero-order valence-electron chi connectivity index (χ0n) is 21.3. The van der Waals surface area contributed by atoms with Gasteiger partial charge < -0.3 is 0 Å². The Morgan fingerprint density at radius 3 is 2.38 bits per heavy atom. The van der Waals surface area contributed by atoms with Gasteiger partial charge in [0, 0.05) is 12.8 Å². The van der Waals surface area contributed by atoms with Crippen LogP contribution in [0, 0.1) is 31.6 Å². The van der Waals surface area contributed by atoms with Crippen molar-refractivity contribution in [2.75, 3.05) is 0 Å². The van der Waals surface area contributed by atoms with Gasteiger partial charge in [0.2, 0.25) is 0 Å². The first kappa shape index (κ1) is 25.3. The predicted octanol–water partition coefficient (Wildman–Crippen LogP) is 9.26.